The number of carbonyl (C=O) groups is 2. The lowest BCUT2D eigenvalue weighted by molar-refractivity contribution is -0.134. The molecular formula is C21H23ClN2O3. The Hall–Kier alpha value is -2.53. The quantitative estimate of drug-likeness (QED) is 0.734. The molecule has 3 rings (SSSR count). The van der Waals surface area contributed by atoms with Crippen LogP contribution in [0.5, 0.6) is 5.75 Å². The summed E-state index contributed by atoms with van der Waals surface area (Å²) in [5, 5.41) is 0.653. The van der Waals surface area contributed by atoms with Crippen molar-refractivity contribution in [2.24, 2.45) is 5.92 Å². The third-order valence-corrected chi connectivity index (χ3v) is 4.92. The lowest BCUT2D eigenvalue weighted by Crippen LogP contribution is -2.37. The Morgan fingerprint density at radius 1 is 1.19 bits per heavy atom. The lowest BCUT2D eigenvalue weighted by atomic mass is 10.1. The fourth-order valence-electron chi connectivity index (χ4n) is 3.15. The van der Waals surface area contributed by atoms with E-state index in [2.05, 4.69) is 0 Å². The highest BCUT2D eigenvalue weighted by atomic mass is 35.5. The average molecular weight is 387 g/mol. The molecule has 5 nitrogen and oxygen atoms in total. The van der Waals surface area contributed by atoms with Crippen molar-refractivity contribution in [1.29, 1.82) is 0 Å². The van der Waals surface area contributed by atoms with Gasteiger partial charge in [0.1, 0.15) is 12.4 Å². The molecule has 1 aliphatic rings. The van der Waals surface area contributed by atoms with Crippen LogP contribution in [0.4, 0.5) is 0 Å². The van der Waals surface area contributed by atoms with Crippen LogP contribution in [0.25, 0.3) is 0 Å². The molecule has 1 atom stereocenters. The largest absolute Gasteiger partial charge is 0.492 e. The number of ether oxygens (including phenoxy) is 1. The zero-order valence-electron chi connectivity index (χ0n) is 15.3. The third-order valence-electron chi connectivity index (χ3n) is 4.67. The molecule has 1 fully saturated rings. The van der Waals surface area contributed by atoms with Crippen LogP contribution in [0.15, 0.2) is 54.6 Å². The number of rotatable bonds is 7. The van der Waals surface area contributed by atoms with E-state index >= 15 is 0 Å². The van der Waals surface area contributed by atoms with Gasteiger partial charge >= 0.3 is 0 Å². The van der Waals surface area contributed by atoms with Gasteiger partial charge in [0.25, 0.3) is 0 Å². The Bertz CT molecular complexity index is 780. The van der Waals surface area contributed by atoms with Crippen LogP contribution in [0, 0.1) is 5.92 Å². The van der Waals surface area contributed by atoms with Crippen LogP contribution in [0.3, 0.4) is 0 Å². The van der Waals surface area contributed by atoms with Crippen molar-refractivity contribution in [2.75, 3.05) is 26.7 Å². The van der Waals surface area contributed by atoms with Crippen LogP contribution in [0.2, 0.25) is 5.02 Å². The normalized spacial score (nSPS) is 16.4. The van der Waals surface area contributed by atoms with E-state index in [0.717, 1.165) is 5.56 Å². The molecule has 2 aromatic rings. The number of halogens is 1. The summed E-state index contributed by atoms with van der Waals surface area (Å²) >= 11 is 5.85. The molecule has 1 aliphatic heterocycles. The number of benzene rings is 2. The standard InChI is InChI=1S/C21H23ClN2O3/c1-23(11-12-27-19-9-7-18(22)8-10-19)21(26)17-13-20(25)24(15-17)14-16-5-3-2-4-6-16/h2-10,17H,11-15H2,1H3. The van der Waals surface area contributed by atoms with E-state index in [1.54, 1.807) is 41.1 Å². The Balaban J connectivity index is 1.47. The molecule has 142 valence electrons. The van der Waals surface area contributed by atoms with Gasteiger partial charge in [-0.05, 0) is 29.8 Å². The minimum absolute atomic E-state index is 0.0152. The van der Waals surface area contributed by atoms with Gasteiger partial charge in [-0.3, -0.25) is 9.59 Å². The Morgan fingerprint density at radius 3 is 2.59 bits per heavy atom. The average Bonchev–Trinajstić information content (AvgIpc) is 3.04. The molecule has 0 N–H and O–H groups in total. The fraction of sp³-hybridized carbons (Fsp3) is 0.333. The second-order valence-electron chi connectivity index (χ2n) is 6.72. The monoisotopic (exact) mass is 386 g/mol. The van der Waals surface area contributed by atoms with Gasteiger partial charge in [0.2, 0.25) is 11.8 Å². The van der Waals surface area contributed by atoms with E-state index in [9.17, 15) is 9.59 Å². The van der Waals surface area contributed by atoms with Gasteiger partial charge in [0, 0.05) is 31.6 Å². The van der Waals surface area contributed by atoms with Crippen molar-refractivity contribution in [2.45, 2.75) is 13.0 Å². The van der Waals surface area contributed by atoms with E-state index in [0.29, 0.717) is 37.0 Å². The molecule has 0 aliphatic carbocycles. The van der Waals surface area contributed by atoms with Crippen LogP contribution >= 0.6 is 11.6 Å². The van der Waals surface area contributed by atoms with Crippen molar-refractivity contribution >= 4 is 23.4 Å². The molecule has 1 saturated heterocycles. The van der Waals surface area contributed by atoms with E-state index in [-0.39, 0.29) is 24.2 Å². The zero-order valence-corrected chi connectivity index (χ0v) is 16.1. The summed E-state index contributed by atoms with van der Waals surface area (Å²) < 4.78 is 5.64. The van der Waals surface area contributed by atoms with Gasteiger partial charge in [0.15, 0.2) is 0 Å². The summed E-state index contributed by atoms with van der Waals surface area (Å²) in [5.74, 6) is 0.439. The van der Waals surface area contributed by atoms with Crippen molar-refractivity contribution in [3.8, 4) is 5.75 Å². The first-order valence-electron chi connectivity index (χ1n) is 8.98. The maximum absolute atomic E-state index is 12.6. The minimum atomic E-state index is -0.290. The van der Waals surface area contributed by atoms with Gasteiger partial charge < -0.3 is 14.5 Å². The van der Waals surface area contributed by atoms with Gasteiger partial charge in [-0.15, -0.1) is 0 Å². The Morgan fingerprint density at radius 2 is 1.89 bits per heavy atom. The van der Waals surface area contributed by atoms with Gasteiger partial charge in [-0.25, -0.2) is 0 Å². The first-order chi connectivity index (χ1) is 13.0. The van der Waals surface area contributed by atoms with Crippen LogP contribution in [0.1, 0.15) is 12.0 Å². The van der Waals surface area contributed by atoms with E-state index < -0.39 is 0 Å². The summed E-state index contributed by atoms with van der Waals surface area (Å²) in [4.78, 5) is 28.3. The van der Waals surface area contributed by atoms with Crippen LogP contribution in [-0.4, -0.2) is 48.4 Å². The maximum Gasteiger partial charge on any atom is 0.227 e. The molecule has 0 spiro atoms. The van der Waals surface area contributed by atoms with Crippen molar-refractivity contribution in [3.05, 3.63) is 65.2 Å². The molecule has 2 amide bonds. The molecule has 1 heterocycles. The fourth-order valence-corrected chi connectivity index (χ4v) is 3.27. The summed E-state index contributed by atoms with van der Waals surface area (Å²) in [6.45, 7) is 1.87. The molecule has 1 unspecified atom stereocenters. The predicted molar refractivity (Wildman–Crippen MR) is 105 cm³/mol. The van der Waals surface area contributed by atoms with Crippen molar-refractivity contribution < 1.29 is 14.3 Å². The van der Waals surface area contributed by atoms with Crippen LogP contribution in [-0.2, 0) is 16.1 Å². The predicted octanol–water partition coefficient (Wildman–Crippen LogP) is 3.23. The van der Waals surface area contributed by atoms with Crippen LogP contribution < -0.4 is 4.74 Å². The zero-order chi connectivity index (χ0) is 19.2. The molecular weight excluding hydrogens is 364 g/mol. The minimum Gasteiger partial charge on any atom is -0.492 e. The SMILES string of the molecule is CN(CCOc1ccc(Cl)cc1)C(=O)C1CC(=O)N(Cc2ccccc2)C1. The number of hydrogen-bond acceptors (Lipinski definition) is 3. The number of amides is 2. The summed E-state index contributed by atoms with van der Waals surface area (Å²) in [6, 6.07) is 16.9. The molecule has 6 heteroatoms. The number of hydrogen-bond donors (Lipinski definition) is 0. The number of carbonyl (C=O) groups excluding carboxylic acids is 2. The molecule has 2 aromatic carbocycles. The second-order valence-corrected chi connectivity index (χ2v) is 7.16. The van der Waals surface area contributed by atoms with Gasteiger partial charge in [-0.2, -0.15) is 0 Å². The molecule has 0 aromatic heterocycles. The smallest absolute Gasteiger partial charge is 0.227 e. The first kappa shape index (κ1) is 19.2. The highest BCUT2D eigenvalue weighted by Crippen LogP contribution is 2.22. The number of likely N-dealkylation sites (N-methyl/N-ethyl adjacent to an activating group) is 1. The summed E-state index contributed by atoms with van der Waals surface area (Å²) in [5.41, 5.74) is 1.07. The number of likely N-dealkylation sites (tertiary alicyclic amines) is 1. The van der Waals surface area contributed by atoms with Crippen molar-refractivity contribution in [1.82, 2.24) is 9.80 Å². The van der Waals surface area contributed by atoms with Crippen molar-refractivity contribution in [3.63, 3.8) is 0 Å². The van der Waals surface area contributed by atoms with Gasteiger partial charge in [-0.1, -0.05) is 41.9 Å². The lowest BCUT2D eigenvalue weighted by Gasteiger charge is -2.21. The summed E-state index contributed by atoms with van der Waals surface area (Å²) in [6.07, 6.45) is 0.272. The second kappa shape index (κ2) is 8.91. The third kappa shape index (κ3) is 5.23. The molecule has 0 bridgehead atoms. The topological polar surface area (TPSA) is 49.9 Å². The highest BCUT2D eigenvalue weighted by Gasteiger charge is 2.35. The van der Waals surface area contributed by atoms with Gasteiger partial charge in [0.05, 0.1) is 12.5 Å². The Kier molecular flexibility index (Phi) is 6.35. The highest BCUT2D eigenvalue weighted by molar-refractivity contribution is 6.30. The van der Waals surface area contributed by atoms with E-state index in [4.69, 9.17) is 16.3 Å². The maximum atomic E-state index is 12.6. The first-order valence-corrected chi connectivity index (χ1v) is 9.36. The van der Waals surface area contributed by atoms with E-state index in [1.807, 2.05) is 30.3 Å². The Labute approximate surface area is 164 Å². The summed E-state index contributed by atoms with van der Waals surface area (Å²) in [7, 11) is 1.75. The number of nitrogens with zero attached hydrogens (tertiary/aromatic N) is 2. The molecule has 0 radical (unpaired) electrons. The van der Waals surface area contributed by atoms with E-state index in [1.165, 1.54) is 0 Å². The molecule has 27 heavy (non-hydrogen) atoms. The molecule has 0 saturated carbocycles.